The molecule has 0 bridgehead atoms. The van der Waals surface area contributed by atoms with E-state index in [0.29, 0.717) is 23.0 Å². The second-order valence-corrected chi connectivity index (χ2v) is 8.05. The summed E-state index contributed by atoms with van der Waals surface area (Å²) in [5, 5.41) is 15.8. The first-order valence-electron chi connectivity index (χ1n) is 10.7. The van der Waals surface area contributed by atoms with E-state index in [1.807, 2.05) is 6.92 Å². The minimum atomic E-state index is -1.27. The van der Waals surface area contributed by atoms with Crippen molar-refractivity contribution >= 4 is 23.2 Å². The van der Waals surface area contributed by atoms with Gasteiger partial charge in [-0.1, -0.05) is 35.9 Å². The van der Waals surface area contributed by atoms with Gasteiger partial charge in [0.05, 0.1) is 23.9 Å². The van der Waals surface area contributed by atoms with Gasteiger partial charge in [0.1, 0.15) is 22.5 Å². The molecule has 0 aliphatic heterocycles. The van der Waals surface area contributed by atoms with Gasteiger partial charge in [0.15, 0.2) is 5.82 Å². The highest BCUT2D eigenvalue weighted by Crippen LogP contribution is 2.40. The third-order valence-electron chi connectivity index (χ3n) is 5.51. The number of nitro groups is 1. The molecule has 0 amide bonds. The van der Waals surface area contributed by atoms with Crippen molar-refractivity contribution in [2.75, 3.05) is 20.7 Å². The summed E-state index contributed by atoms with van der Waals surface area (Å²) in [6.07, 6.45) is 1.59. The Labute approximate surface area is 203 Å². The van der Waals surface area contributed by atoms with Crippen LogP contribution in [0, 0.1) is 16.0 Å². The van der Waals surface area contributed by atoms with Gasteiger partial charge >= 0.3 is 0 Å². The second-order valence-electron chi connectivity index (χ2n) is 7.66. The van der Waals surface area contributed by atoms with E-state index in [9.17, 15) is 19.7 Å². The van der Waals surface area contributed by atoms with Gasteiger partial charge in [0.25, 0.3) is 5.70 Å². The van der Waals surface area contributed by atoms with Gasteiger partial charge in [0.2, 0.25) is 0 Å². The highest BCUT2D eigenvalue weighted by atomic mass is 35.5. The average Bonchev–Trinajstić information content (AvgIpc) is 2.80. The SMILES string of the molecule is CCN(Cc1ccc(Cl)nc1)/C(NC)=C(/C(c1ccccc1OC)C(C(C)=O)C(C)=O)[N+](=O)[O-]. The van der Waals surface area contributed by atoms with Crippen LogP contribution in [0.5, 0.6) is 5.75 Å². The van der Waals surface area contributed by atoms with E-state index in [0.717, 1.165) is 5.56 Å². The Morgan fingerprint density at radius 3 is 2.32 bits per heavy atom. The predicted octanol–water partition coefficient (Wildman–Crippen LogP) is 3.81. The molecule has 1 aromatic heterocycles. The molecule has 0 aliphatic rings. The number of Topliss-reactive ketones (excluding diaryl/α,β-unsaturated/α-hetero) is 2. The highest BCUT2D eigenvalue weighted by molar-refractivity contribution is 6.29. The van der Waals surface area contributed by atoms with Crippen molar-refractivity contribution in [3.05, 3.63) is 80.5 Å². The molecule has 1 aromatic carbocycles. The Bertz CT molecular complexity index is 1060. The van der Waals surface area contributed by atoms with E-state index in [-0.39, 0.29) is 18.1 Å². The smallest absolute Gasteiger partial charge is 0.294 e. The molecule has 1 N–H and O–H groups in total. The average molecular weight is 489 g/mol. The number of nitrogens with one attached hydrogen (secondary N) is 1. The van der Waals surface area contributed by atoms with Gasteiger partial charge in [-0.2, -0.15) is 0 Å². The van der Waals surface area contributed by atoms with E-state index in [1.165, 1.54) is 21.0 Å². The molecule has 1 heterocycles. The Kier molecular flexibility index (Phi) is 9.56. The summed E-state index contributed by atoms with van der Waals surface area (Å²) in [5.41, 5.74) is 0.862. The maximum atomic E-state index is 12.6. The maximum Gasteiger partial charge on any atom is 0.294 e. The van der Waals surface area contributed by atoms with Crippen LogP contribution in [0.25, 0.3) is 0 Å². The van der Waals surface area contributed by atoms with Crippen molar-refractivity contribution in [3.63, 3.8) is 0 Å². The number of ketones is 2. The van der Waals surface area contributed by atoms with Crippen LogP contribution < -0.4 is 10.1 Å². The lowest BCUT2D eigenvalue weighted by molar-refractivity contribution is -0.433. The molecule has 0 spiro atoms. The summed E-state index contributed by atoms with van der Waals surface area (Å²) in [5.74, 6) is -2.85. The number of hydrogen-bond donors (Lipinski definition) is 1. The number of ether oxygens (including phenoxy) is 1. The lowest BCUT2D eigenvalue weighted by Crippen LogP contribution is -2.37. The fourth-order valence-corrected chi connectivity index (χ4v) is 4.14. The van der Waals surface area contributed by atoms with Crippen LogP contribution in [-0.4, -0.2) is 47.1 Å². The van der Waals surface area contributed by atoms with Crippen LogP contribution in [-0.2, 0) is 16.1 Å². The van der Waals surface area contributed by atoms with Gasteiger partial charge in [-0.05, 0) is 38.5 Å². The molecular weight excluding hydrogens is 460 g/mol. The highest BCUT2D eigenvalue weighted by Gasteiger charge is 2.44. The van der Waals surface area contributed by atoms with Gasteiger partial charge < -0.3 is 15.0 Å². The number of carbonyl (C=O) groups is 2. The maximum absolute atomic E-state index is 12.6. The molecule has 1 unspecified atom stereocenters. The summed E-state index contributed by atoms with van der Waals surface area (Å²) in [7, 11) is 3.00. The second kappa shape index (κ2) is 12.1. The zero-order valence-corrected chi connectivity index (χ0v) is 20.6. The predicted molar refractivity (Wildman–Crippen MR) is 129 cm³/mol. The van der Waals surface area contributed by atoms with E-state index >= 15 is 0 Å². The van der Waals surface area contributed by atoms with Crippen molar-refractivity contribution in [3.8, 4) is 5.75 Å². The molecule has 2 aromatic rings. The van der Waals surface area contributed by atoms with Gasteiger partial charge in [-0.15, -0.1) is 0 Å². The van der Waals surface area contributed by atoms with Crippen LogP contribution in [0.15, 0.2) is 54.1 Å². The third-order valence-corrected chi connectivity index (χ3v) is 5.74. The Balaban J connectivity index is 2.81. The molecular formula is C24H29ClN4O5. The van der Waals surface area contributed by atoms with Crippen LogP contribution in [0.1, 0.15) is 37.8 Å². The fraction of sp³-hybridized carbons (Fsp3) is 0.375. The number of para-hydroxylation sites is 1. The molecule has 0 saturated carbocycles. The van der Waals surface area contributed by atoms with E-state index in [2.05, 4.69) is 10.3 Å². The minimum absolute atomic E-state index is 0.186. The van der Waals surface area contributed by atoms with Crippen molar-refractivity contribution in [2.45, 2.75) is 33.2 Å². The van der Waals surface area contributed by atoms with Crippen LogP contribution in [0.4, 0.5) is 0 Å². The number of methoxy groups -OCH3 is 1. The third kappa shape index (κ3) is 6.11. The summed E-state index contributed by atoms with van der Waals surface area (Å²) in [6, 6.07) is 10.1. The monoisotopic (exact) mass is 488 g/mol. The largest absolute Gasteiger partial charge is 0.496 e. The Morgan fingerprint density at radius 1 is 1.21 bits per heavy atom. The number of carbonyl (C=O) groups excluding carboxylic acids is 2. The number of allylic oxidation sites excluding steroid dienone is 1. The first-order valence-corrected chi connectivity index (χ1v) is 11.1. The topological polar surface area (TPSA) is 115 Å². The molecule has 0 aliphatic carbocycles. The van der Waals surface area contributed by atoms with E-state index in [4.69, 9.17) is 16.3 Å². The summed E-state index contributed by atoms with van der Waals surface area (Å²) >= 11 is 5.88. The zero-order valence-electron chi connectivity index (χ0n) is 19.9. The summed E-state index contributed by atoms with van der Waals surface area (Å²) < 4.78 is 5.45. The number of halogens is 1. The molecule has 182 valence electrons. The summed E-state index contributed by atoms with van der Waals surface area (Å²) in [6.45, 7) is 5.07. The van der Waals surface area contributed by atoms with E-state index < -0.39 is 28.3 Å². The standard InChI is InChI=1S/C24H29ClN4O5/c1-6-28(14-17-11-12-20(25)27-13-17)24(26-4)23(29(32)33)22(21(15(2)30)16(3)31)18-9-7-8-10-19(18)34-5/h7-13,21-22,26H,6,14H2,1-5H3/b24-23-. The number of pyridine rings is 1. The normalized spacial score (nSPS) is 12.6. The molecule has 2 rings (SSSR count). The number of nitrogens with zero attached hydrogens (tertiary/aromatic N) is 3. The molecule has 9 nitrogen and oxygen atoms in total. The van der Waals surface area contributed by atoms with Gasteiger partial charge in [0, 0.05) is 31.9 Å². The van der Waals surface area contributed by atoms with Crippen molar-refractivity contribution in [1.82, 2.24) is 15.2 Å². The van der Waals surface area contributed by atoms with Crippen LogP contribution in [0.3, 0.4) is 0 Å². The van der Waals surface area contributed by atoms with Crippen LogP contribution >= 0.6 is 11.6 Å². The van der Waals surface area contributed by atoms with Crippen LogP contribution in [0.2, 0.25) is 5.15 Å². The van der Waals surface area contributed by atoms with Crippen molar-refractivity contribution < 1.29 is 19.2 Å². The number of rotatable bonds is 12. The Hall–Kier alpha value is -3.46. The molecule has 0 radical (unpaired) electrons. The van der Waals surface area contributed by atoms with Crippen molar-refractivity contribution in [1.29, 1.82) is 0 Å². The molecule has 1 atom stereocenters. The first kappa shape index (κ1) is 26.8. The number of benzene rings is 1. The fourth-order valence-electron chi connectivity index (χ4n) is 4.03. The van der Waals surface area contributed by atoms with Gasteiger partial charge in [-0.25, -0.2) is 4.98 Å². The van der Waals surface area contributed by atoms with Gasteiger partial charge in [-0.3, -0.25) is 19.7 Å². The first-order chi connectivity index (χ1) is 16.2. The molecule has 0 saturated heterocycles. The van der Waals surface area contributed by atoms with E-state index in [1.54, 1.807) is 54.5 Å². The lowest BCUT2D eigenvalue weighted by Gasteiger charge is -2.29. The number of hydrogen-bond acceptors (Lipinski definition) is 8. The van der Waals surface area contributed by atoms with Crippen molar-refractivity contribution in [2.24, 2.45) is 5.92 Å². The lowest BCUT2D eigenvalue weighted by atomic mass is 9.78. The summed E-state index contributed by atoms with van der Waals surface area (Å²) in [4.78, 5) is 43.1. The quantitative estimate of drug-likeness (QED) is 0.207. The molecule has 10 heteroatoms. The minimum Gasteiger partial charge on any atom is -0.496 e. The zero-order chi connectivity index (χ0) is 25.4. The Morgan fingerprint density at radius 2 is 1.85 bits per heavy atom. The number of aromatic nitrogens is 1. The molecule has 0 fully saturated rings. The molecule has 34 heavy (non-hydrogen) atoms.